The van der Waals surface area contributed by atoms with Crippen LogP contribution in [0.15, 0.2) is 48.5 Å². The Kier molecular flexibility index (Phi) is 5.58. The minimum Gasteiger partial charge on any atom is -0.362 e. The first-order valence-corrected chi connectivity index (χ1v) is 10.0. The molecule has 0 atom stereocenters. The van der Waals surface area contributed by atoms with Crippen LogP contribution in [0.4, 0.5) is 4.79 Å². The van der Waals surface area contributed by atoms with E-state index in [2.05, 4.69) is 5.32 Å². The predicted molar refractivity (Wildman–Crippen MR) is 107 cm³/mol. The zero-order valence-electron chi connectivity index (χ0n) is 14.9. The van der Waals surface area contributed by atoms with Crippen LogP contribution in [0.5, 0.6) is 0 Å². The van der Waals surface area contributed by atoms with Gasteiger partial charge < -0.3 is 15.0 Å². The van der Waals surface area contributed by atoms with E-state index in [1.165, 1.54) is 12.8 Å². The molecule has 0 radical (unpaired) electrons. The van der Waals surface area contributed by atoms with E-state index in [9.17, 15) is 4.79 Å². The van der Waals surface area contributed by atoms with Gasteiger partial charge in [-0.3, -0.25) is 0 Å². The summed E-state index contributed by atoms with van der Waals surface area (Å²) in [5.41, 5.74) is 2.05. The summed E-state index contributed by atoms with van der Waals surface area (Å²) in [6.07, 6.45) is 2.25. The first-order valence-electron chi connectivity index (χ1n) is 9.27. The van der Waals surface area contributed by atoms with Gasteiger partial charge >= 0.3 is 6.03 Å². The molecule has 1 aliphatic carbocycles. The molecular weight excluding hydrogens is 383 g/mol. The summed E-state index contributed by atoms with van der Waals surface area (Å²) in [5.74, 6) is 0.682. The molecule has 2 aliphatic rings. The Balaban J connectivity index is 1.40. The number of benzene rings is 2. The molecule has 2 amide bonds. The van der Waals surface area contributed by atoms with Crippen molar-refractivity contribution in [2.45, 2.75) is 25.0 Å². The Labute approximate surface area is 169 Å². The van der Waals surface area contributed by atoms with E-state index < -0.39 is 0 Å². The van der Waals surface area contributed by atoms with Crippen molar-refractivity contribution in [1.82, 2.24) is 10.2 Å². The smallest absolute Gasteiger partial charge is 0.317 e. The Morgan fingerprint density at radius 1 is 1.00 bits per heavy atom. The number of nitrogens with zero attached hydrogens (tertiary/aromatic N) is 1. The van der Waals surface area contributed by atoms with Gasteiger partial charge in [0.2, 0.25) is 0 Å². The quantitative estimate of drug-likeness (QED) is 0.743. The van der Waals surface area contributed by atoms with Gasteiger partial charge in [-0.25, -0.2) is 4.79 Å². The summed E-state index contributed by atoms with van der Waals surface area (Å²) in [5, 5.41) is 4.38. The first kappa shape index (κ1) is 18.6. The highest BCUT2D eigenvalue weighted by Gasteiger charge is 2.34. The van der Waals surface area contributed by atoms with Crippen molar-refractivity contribution in [3.05, 3.63) is 69.7 Å². The van der Waals surface area contributed by atoms with Crippen LogP contribution in [0, 0.1) is 5.92 Å². The summed E-state index contributed by atoms with van der Waals surface area (Å²) in [6, 6.07) is 15.4. The van der Waals surface area contributed by atoms with Gasteiger partial charge in [0.25, 0.3) is 0 Å². The molecule has 0 spiro atoms. The molecule has 27 heavy (non-hydrogen) atoms. The summed E-state index contributed by atoms with van der Waals surface area (Å²) < 4.78 is 6.35. The van der Waals surface area contributed by atoms with Crippen molar-refractivity contribution in [2.24, 2.45) is 5.92 Å². The Morgan fingerprint density at radius 3 is 2.00 bits per heavy atom. The maximum atomic E-state index is 12.1. The zero-order valence-corrected chi connectivity index (χ0v) is 16.4. The highest BCUT2D eigenvalue weighted by atomic mass is 35.5. The minimum atomic E-state index is -0.221. The summed E-state index contributed by atoms with van der Waals surface area (Å²) in [7, 11) is 0. The average molecular weight is 405 g/mol. The number of carbonyl (C=O) groups excluding carboxylic acids is 1. The van der Waals surface area contributed by atoms with E-state index in [0.29, 0.717) is 29.1 Å². The van der Waals surface area contributed by atoms with Crippen LogP contribution < -0.4 is 5.32 Å². The van der Waals surface area contributed by atoms with E-state index in [0.717, 1.165) is 17.7 Å². The summed E-state index contributed by atoms with van der Waals surface area (Å²) in [4.78, 5) is 13.9. The van der Waals surface area contributed by atoms with E-state index in [1.807, 2.05) is 48.5 Å². The van der Waals surface area contributed by atoms with Crippen molar-refractivity contribution < 1.29 is 9.53 Å². The van der Waals surface area contributed by atoms with Gasteiger partial charge in [0.05, 0.1) is 19.2 Å². The fraction of sp³-hybridized carbons (Fsp3) is 0.381. The molecule has 4 rings (SSSR count). The third-order valence-electron chi connectivity index (χ3n) is 5.05. The minimum absolute atomic E-state index is 0.00744. The highest BCUT2D eigenvalue weighted by Crippen LogP contribution is 2.31. The lowest BCUT2D eigenvalue weighted by Crippen LogP contribution is -2.58. The number of ether oxygens (including phenoxy) is 1. The summed E-state index contributed by atoms with van der Waals surface area (Å²) >= 11 is 12.1. The van der Waals surface area contributed by atoms with Crippen LogP contribution in [0.2, 0.25) is 10.0 Å². The largest absolute Gasteiger partial charge is 0.362 e. The molecule has 1 saturated heterocycles. The van der Waals surface area contributed by atoms with E-state index >= 15 is 0 Å². The number of urea groups is 1. The summed E-state index contributed by atoms with van der Waals surface area (Å²) in [6.45, 7) is 2.00. The maximum absolute atomic E-state index is 12.1. The predicted octanol–water partition coefficient (Wildman–Crippen LogP) is 4.90. The number of hydrogen-bond acceptors (Lipinski definition) is 2. The maximum Gasteiger partial charge on any atom is 0.317 e. The van der Waals surface area contributed by atoms with Gasteiger partial charge in [-0.15, -0.1) is 0 Å². The van der Waals surface area contributed by atoms with Crippen LogP contribution in [-0.4, -0.2) is 36.7 Å². The molecule has 4 nitrogen and oxygen atoms in total. The van der Waals surface area contributed by atoms with Gasteiger partial charge in [0.15, 0.2) is 0 Å². The number of nitrogens with one attached hydrogen (secondary N) is 1. The van der Waals surface area contributed by atoms with Crippen LogP contribution in [0.25, 0.3) is 0 Å². The molecule has 2 fully saturated rings. The normalized spacial score (nSPS) is 17.1. The monoisotopic (exact) mass is 404 g/mol. The highest BCUT2D eigenvalue weighted by molar-refractivity contribution is 6.30. The van der Waals surface area contributed by atoms with Crippen molar-refractivity contribution in [2.75, 3.05) is 19.6 Å². The van der Waals surface area contributed by atoms with Gasteiger partial charge in [0, 0.05) is 16.6 Å². The molecule has 142 valence electrons. The second-order valence-electron chi connectivity index (χ2n) is 7.28. The Hall–Kier alpha value is -1.75. The number of hydrogen-bond donors (Lipinski definition) is 1. The topological polar surface area (TPSA) is 41.6 Å². The van der Waals surface area contributed by atoms with Crippen LogP contribution in [0.3, 0.4) is 0 Å². The van der Waals surface area contributed by atoms with Gasteiger partial charge in [-0.2, -0.15) is 0 Å². The number of amides is 2. The molecule has 2 aromatic rings. The van der Waals surface area contributed by atoms with Crippen LogP contribution in [-0.2, 0) is 4.74 Å². The van der Waals surface area contributed by atoms with Gasteiger partial charge in [0.1, 0.15) is 6.10 Å². The van der Waals surface area contributed by atoms with Crippen molar-refractivity contribution >= 4 is 29.2 Å². The van der Waals surface area contributed by atoms with E-state index in [-0.39, 0.29) is 18.2 Å². The molecule has 1 saturated carbocycles. The third-order valence-corrected chi connectivity index (χ3v) is 5.55. The second-order valence-corrected chi connectivity index (χ2v) is 8.15. The fourth-order valence-electron chi connectivity index (χ4n) is 3.17. The lowest BCUT2D eigenvalue weighted by atomic mass is 10.0. The number of rotatable bonds is 6. The SMILES string of the molecule is O=C(NCC1CC1)N1CC(OC(c2ccc(Cl)cc2)c2ccc(Cl)cc2)C1. The standard InChI is InChI=1S/C21H22Cl2N2O2/c22-17-7-3-15(4-8-17)20(16-5-9-18(23)10-6-16)27-19-12-25(13-19)21(26)24-11-14-1-2-14/h3-10,14,19-20H,1-2,11-13H2,(H,24,26). The number of halogens is 2. The molecule has 2 aromatic carbocycles. The second kappa shape index (κ2) is 8.09. The molecule has 0 bridgehead atoms. The third kappa shape index (κ3) is 4.75. The molecule has 0 aromatic heterocycles. The average Bonchev–Trinajstić information content (AvgIpc) is 3.45. The van der Waals surface area contributed by atoms with Crippen LogP contribution >= 0.6 is 23.2 Å². The Bertz CT molecular complexity index is 739. The molecule has 0 unspecified atom stereocenters. The number of carbonyl (C=O) groups is 1. The van der Waals surface area contributed by atoms with E-state index in [4.69, 9.17) is 27.9 Å². The lowest BCUT2D eigenvalue weighted by molar-refractivity contribution is -0.0645. The van der Waals surface area contributed by atoms with Crippen molar-refractivity contribution in [1.29, 1.82) is 0 Å². The Morgan fingerprint density at radius 2 is 1.52 bits per heavy atom. The van der Waals surface area contributed by atoms with Crippen molar-refractivity contribution in [3.8, 4) is 0 Å². The van der Waals surface area contributed by atoms with Crippen molar-refractivity contribution in [3.63, 3.8) is 0 Å². The first-order chi connectivity index (χ1) is 13.1. The van der Waals surface area contributed by atoms with Crippen LogP contribution in [0.1, 0.15) is 30.1 Å². The molecule has 6 heteroatoms. The molecule has 1 N–H and O–H groups in total. The number of likely N-dealkylation sites (tertiary alicyclic amines) is 1. The van der Waals surface area contributed by atoms with Gasteiger partial charge in [-0.05, 0) is 54.2 Å². The lowest BCUT2D eigenvalue weighted by Gasteiger charge is -2.40. The molecular formula is C21H22Cl2N2O2. The van der Waals surface area contributed by atoms with Gasteiger partial charge in [-0.1, -0.05) is 47.5 Å². The van der Waals surface area contributed by atoms with E-state index in [1.54, 1.807) is 4.90 Å². The molecule has 1 heterocycles. The fourth-order valence-corrected chi connectivity index (χ4v) is 3.42. The zero-order chi connectivity index (χ0) is 18.8. The molecule has 1 aliphatic heterocycles.